The second-order valence-corrected chi connectivity index (χ2v) is 5.83. The van der Waals surface area contributed by atoms with E-state index in [0.29, 0.717) is 18.4 Å². The number of aliphatic carboxylic acids is 1. The summed E-state index contributed by atoms with van der Waals surface area (Å²) in [5, 5.41) is 16.0. The number of hydrogen-bond acceptors (Lipinski definition) is 4. The lowest BCUT2D eigenvalue weighted by Gasteiger charge is -2.37. The molecule has 21 heavy (non-hydrogen) atoms. The standard InChI is InChI=1S/C14H22N4O3/c1-18-9-10(8-16-18)12(15)13(21)17-14(7-11(19)20)5-3-2-4-6-14/h8-9,12H,2-7,15H2,1H3,(H,17,21)(H,19,20). The Kier molecular flexibility index (Phi) is 4.62. The number of nitrogens with zero attached hydrogens (tertiary/aromatic N) is 2. The van der Waals surface area contributed by atoms with E-state index >= 15 is 0 Å². The predicted octanol–water partition coefficient (Wildman–Crippen LogP) is 0.714. The minimum atomic E-state index is -0.896. The number of rotatable bonds is 5. The van der Waals surface area contributed by atoms with Gasteiger partial charge in [0.1, 0.15) is 6.04 Å². The van der Waals surface area contributed by atoms with Gasteiger partial charge >= 0.3 is 5.97 Å². The van der Waals surface area contributed by atoms with Gasteiger partial charge in [-0.2, -0.15) is 5.10 Å². The lowest BCUT2D eigenvalue weighted by atomic mass is 9.79. The number of aryl methyl sites for hydroxylation is 1. The normalized spacial score (nSPS) is 19.0. The molecule has 1 atom stereocenters. The van der Waals surface area contributed by atoms with Crippen LogP contribution in [0.25, 0.3) is 0 Å². The molecule has 0 spiro atoms. The Morgan fingerprint density at radius 3 is 2.67 bits per heavy atom. The first-order chi connectivity index (χ1) is 9.92. The molecule has 1 amide bonds. The second kappa shape index (κ2) is 6.26. The van der Waals surface area contributed by atoms with Crippen LogP contribution in [-0.2, 0) is 16.6 Å². The van der Waals surface area contributed by atoms with Crippen LogP contribution in [0, 0.1) is 0 Å². The molecule has 1 aliphatic carbocycles. The highest BCUT2D eigenvalue weighted by Crippen LogP contribution is 2.31. The van der Waals surface area contributed by atoms with E-state index in [-0.39, 0.29) is 12.3 Å². The summed E-state index contributed by atoms with van der Waals surface area (Å²) in [5.41, 5.74) is 5.90. The maximum Gasteiger partial charge on any atom is 0.305 e. The Hall–Kier alpha value is -1.89. The summed E-state index contributed by atoms with van der Waals surface area (Å²) in [5.74, 6) is -1.24. The van der Waals surface area contributed by atoms with Crippen molar-refractivity contribution >= 4 is 11.9 Å². The summed E-state index contributed by atoms with van der Waals surface area (Å²) >= 11 is 0. The van der Waals surface area contributed by atoms with Crippen LogP contribution in [0.2, 0.25) is 0 Å². The van der Waals surface area contributed by atoms with Crippen LogP contribution in [0.4, 0.5) is 0 Å². The molecule has 0 radical (unpaired) electrons. The molecule has 1 aromatic rings. The average molecular weight is 294 g/mol. The number of amides is 1. The van der Waals surface area contributed by atoms with Crippen molar-refractivity contribution in [2.24, 2.45) is 12.8 Å². The fraction of sp³-hybridized carbons (Fsp3) is 0.643. The van der Waals surface area contributed by atoms with Crippen LogP contribution in [-0.4, -0.2) is 32.3 Å². The SMILES string of the molecule is Cn1cc(C(N)C(=O)NC2(CC(=O)O)CCCCC2)cn1. The molecule has 1 unspecified atom stereocenters. The number of nitrogens with one attached hydrogen (secondary N) is 1. The third-order valence-corrected chi connectivity index (χ3v) is 4.06. The van der Waals surface area contributed by atoms with E-state index in [4.69, 9.17) is 10.8 Å². The van der Waals surface area contributed by atoms with Crippen LogP contribution >= 0.6 is 0 Å². The first-order valence-corrected chi connectivity index (χ1v) is 7.20. The molecule has 0 aromatic carbocycles. The molecule has 1 aliphatic rings. The average Bonchev–Trinajstić information content (AvgIpc) is 2.84. The zero-order chi connectivity index (χ0) is 15.5. The predicted molar refractivity (Wildman–Crippen MR) is 76.3 cm³/mol. The van der Waals surface area contributed by atoms with E-state index in [1.54, 1.807) is 24.1 Å². The topological polar surface area (TPSA) is 110 Å². The lowest BCUT2D eigenvalue weighted by molar-refractivity contribution is -0.139. The molecule has 0 saturated heterocycles. The van der Waals surface area contributed by atoms with E-state index < -0.39 is 17.6 Å². The van der Waals surface area contributed by atoms with E-state index in [9.17, 15) is 9.59 Å². The molecule has 1 saturated carbocycles. The van der Waals surface area contributed by atoms with Crippen LogP contribution in [0.5, 0.6) is 0 Å². The number of carboxylic acids is 1. The minimum absolute atomic E-state index is 0.0570. The fourth-order valence-electron chi connectivity index (χ4n) is 2.96. The Bertz CT molecular complexity index is 520. The smallest absolute Gasteiger partial charge is 0.305 e. The van der Waals surface area contributed by atoms with Crippen molar-refractivity contribution in [2.45, 2.75) is 50.1 Å². The van der Waals surface area contributed by atoms with Gasteiger partial charge in [-0.1, -0.05) is 19.3 Å². The summed E-state index contributed by atoms with van der Waals surface area (Å²) in [6, 6.07) is -0.828. The first-order valence-electron chi connectivity index (χ1n) is 7.20. The van der Waals surface area contributed by atoms with E-state index in [1.807, 2.05) is 0 Å². The highest BCUT2D eigenvalue weighted by molar-refractivity contribution is 5.84. The molecular formula is C14H22N4O3. The van der Waals surface area contributed by atoms with Gasteiger partial charge in [0.2, 0.25) is 5.91 Å². The van der Waals surface area contributed by atoms with E-state index in [1.165, 1.54) is 0 Å². The van der Waals surface area contributed by atoms with Crippen molar-refractivity contribution in [1.82, 2.24) is 15.1 Å². The Labute approximate surface area is 123 Å². The maximum absolute atomic E-state index is 12.3. The number of carboxylic acid groups (broad SMARTS) is 1. The zero-order valence-corrected chi connectivity index (χ0v) is 12.2. The molecule has 4 N–H and O–H groups in total. The number of nitrogens with two attached hydrogens (primary N) is 1. The van der Waals surface area contributed by atoms with Gasteiger partial charge < -0.3 is 16.2 Å². The van der Waals surface area contributed by atoms with Crippen molar-refractivity contribution in [2.75, 3.05) is 0 Å². The van der Waals surface area contributed by atoms with Gasteiger partial charge in [-0.25, -0.2) is 0 Å². The minimum Gasteiger partial charge on any atom is -0.481 e. The molecule has 0 aliphatic heterocycles. The third-order valence-electron chi connectivity index (χ3n) is 4.06. The van der Waals surface area contributed by atoms with Crippen molar-refractivity contribution in [3.8, 4) is 0 Å². The lowest BCUT2D eigenvalue weighted by Crippen LogP contribution is -2.53. The van der Waals surface area contributed by atoms with Crippen molar-refractivity contribution < 1.29 is 14.7 Å². The Morgan fingerprint density at radius 1 is 1.48 bits per heavy atom. The largest absolute Gasteiger partial charge is 0.481 e. The van der Waals surface area contributed by atoms with Crippen LogP contribution in [0.3, 0.4) is 0 Å². The summed E-state index contributed by atoms with van der Waals surface area (Å²) in [4.78, 5) is 23.4. The number of carbonyl (C=O) groups is 2. The van der Waals surface area contributed by atoms with E-state index in [2.05, 4.69) is 10.4 Å². The summed E-state index contributed by atoms with van der Waals surface area (Å²) in [6.45, 7) is 0. The van der Waals surface area contributed by atoms with Crippen LogP contribution in [0.15, 0.2) is 12.4 Å². The van der Waals surface area contributed by atoms with Gasteiger partial charge in [-0.15, -0.1) is 0 Å². The molecule has 7 nitrogen and oxygen atoms in total. The summed E-state index contributed by atoms with van der Waals surface area (Å²) in [7, 11) is 1.75. The molecule has 1 heterocycles. The molecule has 116 valence electrons. The van der Waals surface area contributed by atoms with Gasteiger partial charge in [0.05, 0.1) is 18.2 Å². The second-order valence-electron chi connectivity index (χ2n) is 5.83. The molecule has 1 fully saturated rings. The zero-order valence-electron chi connectivity index (χ0n) is 12.2. The van der Waals surface area contributed by atoms with Gasteiger partial charge in [0.25, 0.3) is 0 Å². The Balaban J connectivity index is 2.08. The first kappa shape index (κ1) is 15.5. The molecule has 7 heteroatoms. The molecular weight excluding hydrogens is 272 g/mol. The molecule has 2 rings (SSSR count). The Morgan fingerprint density at radius 2 is 2.14 bits per heavy atom. The highest BCUT2D eigenvalue weighted by atomic mass is 16.4. The van der Waals surface area contributed by atoms with Gasteiger partial charge in [0, 0.05) is 18.8 Å². The van der Waals surface area contributed by atoms with Crippen LogP contribution in [0.1, 0.15) is 50.1 Å². The van der Waals surface area contributed by atoms with Gasteiger partial charge in [-0.05, 0) is 12.8 Å². The van der Waals surface area contributed by atoms with Gasteiger partial charge in [-0.3, -0.25) is 14.3 Å². The number of carbonyl (C=O) groups excluding carboxylic acids is 1. The monoisotopic (exact) mass is 294 g/mol. The third kappa shape index (κ3) is 3.81. The quantitative estimate of drug-likeness (QED) is 0.741. The fourth-order valence-corrected chi connectivity index (χ4v) is 2.96. The van der Waals surface area contributed by atoms with E-state index in [0.717, 1.165) is 19.3 Å². The maximum atomic E-state index is 12.3. The summed E-state index contributed by atoms with van der Waals surface area (Å²) in [6.07, 6.45) is 7.48. The number of aromatic nitrogens is 2. The van der Waals surface area contributed by atoms with Crippen molar-refractivity contribution in [1.29, 1.82) is 0 Å². The van der Waals surface area contributed by atoms with Crippen LogP contribution < -0.4 is 11.1 Å². The van der Waals surface area contributed by atoms with Crippen molar-refractivity contribution in [3.63, 3.8) is 0 Å². The summed E-state index contributed by atoms with van der Waals surface area (Å²) < 4.78 is 1.58. The van der Waals surface area contributed by atoms with Crippen molar-refractivity contribution in [3.05, 3.63) is 18.0 Å². The molecule has 0 bridgehead atoms. The molecule has 1 aromatic heterocycles. The van der Waals surface area contributed by atoms with Gasteiger partial charge in [0.15, 0.2) is 0 Å². The number of hydrogen-bond donors (Lipinski definition) is 3. The highest BCUT2D eigenvalue weighted by Gasteiger charge is 2.37.